The van der Waals surface area contributed by atoms with Gasteiger partial charge in [-0.3, -0.25) is 4.79 Å². The van der Waals surface area contributed by atoms with Crippen molar-refractivity contribution in [3.63, 3.8) is 0 Å². The van der Waals surface area contributed by atoms with Gasteiger partial charge in [-0.15, -0.1) is 0 Å². The first-order valence-electron chi connectivity index (χ1n) is 9.07. The molecule has 0 atom stereocenters. The number of para-hydroxylation sites is 2. The maximum absolute atomic E-state index is 13.3. The van der Waals surface area contributed by atoms with E-state index in [0.717, 1.165) is 15.4 Å². The molecule has 3 aromatic rings. The standard InChI is InChI=1S/C22H20N2O4S/c1-24(2)29(26,27)16-9-7-8-15(14-16)23-22(25)21-17-10-3-5-12-19(17)28-20-13-6-4-11-18(20)21/h3-14,21H,1-2H3,(H,23,25). The number of fused-ring (bicyclic) bond motifs is 2. The molecule has 1 aliphatic rings. The highest BCUT2D eigenvalue weighted by atomic mass is 32.2. The summed E-state index contributed by atoms with van der Waals surface area (Å²) in [6, 6.07) is 21.1. The first kappa shape index (κ1) is 19.2. The van der Waals surface area contributed by atoms with Crippen LogP contribution in [-0.2, 0) is 14.8 Å². The van der Waals surface area contributed by atoms with Crippen molar-refractivity contribution in [2.75, 3.05) is 19.4 Å². The van der Waals surface area contributed by atoms with Crippen molar-refractivity contribution < 1.29 is 17.9 Å². The largest absolute Gasteiger partial charge is 0.457 e. The second-order valence-corrected chi connectivity index (χ2v) is 9.07. The Balaban J connectivity index is 1.70. The number of hydrogen-bond acceptors (Lipinski definition) is 4. The molecular formula is C22H20N2O4S. The number of sulfonamides is 1. The lowest BCUT2D eigenvalue weighted by Gasteiger charge is -2.27. The summed E-state index contributed by atoms with van der Waals surface area (Å²) in [5.41, 5.74) is 1.95. The van der Waals surface area contributed by atoms with Crippen molar-refractivity contribution in [3.8, 4) is 11.5 Å². The molecule has 0 spiro atoms. The minimum atomic E-state index is -3.60. The predicted molar refractivity (Wildman–Crippen MR) is 111 cm³/mol. The average molecular weight is 408 g/mol. The lowest BCUT2D eigenvalue weighted by atomic mass is 9.87. The summed E-state index contributed by atoms with van der Waals surface area (Å²) in [6.07, 6.45) is 0. The van der Waals surface area contributed by atoms with E-state index in [-0.39, 0.29) is 10.8 Å². The normalized spacial score (nSPS) is 13.3. The van der Waals surface area contributed by atoms with Crippen LogP contribution in [-0.4, -0.2) is 32.7 Å². The molecule has 1 N–H and O–H groups in total. The molecule has 0 unspecified atom stereocenters. The number of ether oxygens (including phenoxy) is 1. The first-order valence-corrected chi connectivity index (χ1v) is 10.5. The van der Waals surface area contributed by atoms with E-state index in [1.54, 1.807) is 12.1 Å². The number of amides is 1. The quantitative estimate of drug-likeness (QED) is 0.712. The van der Waals surface area contributed by atoms with Crippen LogP contribution in [0.5, 0.6) is 11.5 Å². The number of nitrogens with zero attached hydrogens (tertiary/aromatic N) is 1. The molecular weight excluding hydrogens is 388 g/mol. The Hall–Kier alpha value is -3.16. The van der Waals surface area contributed by atoms with Crippen molar-refractivity contribution >= 4 is 21.6 Å². The van der Waals surface area contributed by atoms with E-state index in [2.05, 4.69) is 5.32 Å². The highest BCUT2D eigenvalue weighted by Crippen LogP contribution is 2.44. The molecule has 0 fully saturated rings. The molecule has 0 aliphatic carbocycles. The molecule has 1 heterocycles. The SMILES string of the molecule is CN(C)S(=O)(=O)c1cccc(NC(=O)C2c3ccccc3Oc3ccccc32)c1. The Morgan fingerprint density at radius 2 is 1.48 bits per heavy atom. The summed E-state index contributed by atoms with van der Waals surface area (Å²) in [5, 5.41) is 2.87. The Labute approximate surface area is 169 Å². The van der Waals surface area contributed by atoms with Gasteiger partial charge in [0, 0.05) is 30.9 Å². The van der Waals surface area contributed by atoms with Gasteiger partial charge < -0.3 is 10.1 Å². The molecule has 6 nitrogen and oxygen atoms in total. The zero-order chi connectivity index (χ0) is 20.6. The second kappa shape index (κ2) is 7.35. The third-order valence-electron chi connectivity index (χ3n) is 4.82. The van der Waals surface area contributed by atoms with E-state index in [0.29, 0.717) is 17.2 Å². The van der Waals surface area contributed by atoms with E-state index in [9.17, 15) is 13.2 Å². The lowest BCUT2D eigenvalue weighted by Crippen LogP contribution is -2.25. The van der Waals surface area contributed by atoms with Gasteiger partial charge in [0.05, 0.1) is 10.8 Å². The lowest BCUT2D eigenvalue weighted by molar-refractivity contribution is -0.116. The fourth-order valence-electron chi connectivity index (χ4n) is 3.35. The molecule has 0 bridgehead atoms. The highest BCUT2D eigenvalue weighted by Gasteiger charge is 2.32. The van der Waals surface area contributed by atoms with Crippen LogP contribution < -0.4 is 10.1 Å². The van der Waals surface area contributed by atoms with Crippen LogP contribution in [0.2, 0.25) is 0 Å². The Kier molecular flexibility index (Phi) is 4.86. The fourth-order valence-corrected chi connectivity index (χ4v) is 4.30. The Bertz CT molecular complexity index is 1140. The van der Waals surface area contributed by atoms with E-state index in [4.69, 9.17) is 4.74 Å². The van der Waals surface area contributed by atoms with Gasteiger partial charge in [-0.2, -0.15) is 0 Å². The van der Waals surface area contributed by atoms with Crippen LogP contribution in [0.3, 0.4) is 0 Å². The van der Waals surface area contributed by atoms with Gasteiger partial charge in [0.25, 0.3) is 0 Å². The van der Waals surface area contributed by atoms with Crippen LogP contribution in [0.15, 0.2) is 77.7 Å². The highest BCUT2D eigenvalue weighted by molar-refractivity contribution is 7.89. The summed E-state index contributed by atoms with van der Waals surface area (Å²) in [5.74, 6) is 0.448. The van der Waals surface area contributed by atoms with Crippen LogP contribution in [0.4, 0.5) is 5.69 Å². The second-order valence-electron chi connectivity index (χ2n) is 6.92. The number of nitrogens with one attached hydrogen (secondary N) is 1. The van der Waals surface area contributed by atoms with Crippen LogP contribution in [0.1, 0.15) is 17.0 Å². The molecule has 148 valence electrons. The van der Waals surface area contributed by atoms with Crippen LogP contribution in [0.25, 0.3) is 0 Å². The predicted octanol–water partition coefficient (Wildman–Crippen LogP) is 3.81. The van der Waals surface area contributed by atoms with Gasteiger partial charge in [0.2, 0.25) is 15.9 Å². The minimum Gasteiger partial charge on any atom is -0.457 e. The molecule has 29 heavy (non-hydrogen) atoms. The van der Waals surface area contributed by atoms with Crippen LogP contribution in [0, 0.1) is 0 Å². The first-order chi connectivity index (χ1) is 13.9. The number of carbonyl (C=O) groups excluding carboxylic acids is 1. The Morgan fingerprint density at radius 3 is 2.07 bits per heavy atom. The van der Waals surface area contributed by atoms with Crippen LogP contribution >= 0.6 is 0 Å². The van der Waals surface area contributed by atoms with Crippen molar-refractivity contribution in [3.05, 3.63) is 83.9 Å². The molecule has 0 saturated carbocycles. The van der Waals surface area contributed by atoms with Gasteiger partial charge >= 0.3 is 0 Å². The number of carbonyl (C=O) groups is 1. The maximum Gasteiger partial charge on any atom is 0.242 e. The summed E-state index contributed by atoms with van der Waals surface area (Å²) >= 11 is 0. The third-order valence-corrected chi connectivity index (χ3v) is 6.63. The smallest absolute Gasteiger partial charge is 0.242 e. The third kappa shape index (κ3) is 3.50. The molecule has 0 saturated heterocycles. The van der Waals surface area contributed by atoms with E-state index >= 15 is 0 Å². The summed E-state index contributed by atoms with van der Waals surface area (Å²) < 4.78 is 31.9. The van der Waals surface area contributed by atoms with Gasteiger partial charge in [-0.25, -0.2) is 12.7 Å². The number of benzene rings is 3. The number of hydrogen-bond donors (Lipinski definition) is 1. The fraction of sp³-hybridized carbons (Fsp3) is 0.136. The van der Waals surface area contributed by atoms with Crippen molar-refractivity contribution in [1.82, 2.24) is 4.31 Å². The summed E-state index contributed by atoms with van der Waals surface area (Å²) in [6.45, 7) is 0. The number of rotatable bonds is 4. The molecule has 3 aromatic carbocycles. The van der Waals surface area contributed by atoms with Crippen molar-refractivity contribution in [2.24, 2.45) is 0 Å². The minimum absolute atomic E-state index is 0.119. The van der Waals surface area contributed by atoms with E-state index < -0.39 is 15.9 Å². The molecule has 1 aliphatic heterocycles. The zero-order valence-electron chi connectivity index (χ0n) is 16.0. The van der Waals surface area contributed by atoms with Gasteiger partial charge in [-0.05, 0) is 30.3 Å². The molecule has 0 radical (unpaired) electrons. The Morgan fingerprint density at radius 1 is 0.897 bits per heavy atom. The van der Waals surface area contributed by atoms with Gasteiger partial charge in [0.15, 0.2) is 0 Å². The molecule has 4 rings (SSSR count). The average Bonchev–Trinajstić information content (AvgIpc) is 2.71. The van der Waals surface area contributed by atoms with E-state index in [1.807, 2.05) is 48.5 Å². The van der Waals surface area contributed by atoms with Gasteiger partial charge in [0.1, 0.15) is 11.5 Å². The zero-order valence-corrected chi connectivity index (χ0v) is 16.8. The van der Waals surface area contributed by atoms with Gasteiger partial charge in [-0.1, -0.05) is 42.5 Å². The monoisotopic (exact) mass is 408 g/mol. The number of anilines is 1. The summed E-state index contributed by atoms with van der Waals surface area (Å²) in [7, 11) is -0.658. The molecule has 1 amide bonds. The maximum atomic E-state index is 13.3. The summed E-state index contributed by atoms with van der Waals surface area (Å²) in [4.78, 5) is 13.4. The molecule has 0 aromatic heterocycles. The topological polar surface area (TPSA) is 75.7 Å². The molecule has 7 heteroatoms. The van der Waals surface area contributed by atoms with Crippen molar-refractivity contribution in [2.45, 2.75) is 10.8 Å². The van der Waals surface area contributed by atoms with E-state index in [1.165, 1.54) is 26.2 Å². The van der Waals surface area contributed by atoms with Crippen molar-refractivity contribution in [1.29, 1.82) is 0 Å².